The predicted octanol–water partition coefficient (Wildman–Crippen LogP) is 14.8. The van der Waals surface area contributed by atoms with Gasteiger partial charge in [0.25, 0.3) is 0 Å². The lowest BCUT2D eigenvalue weighted by Crippen LogP contribution is -1.91. The fourth-order valence-electron chi connectivity index (χ4n) is 8.61. The van der Waals surface area contributed by atoms with Crippen LogP contribution < -0.4 is 0 Å². The summed E-state index contributed by atoms with van der Waals surface area (Å²) in [7, 11) is 0. The van der Waals surface area contributed by atoms with Gasteiger partial charge in [0, 0.05) is 25.6 Å². The van der Waals surface area contributed by atoms with E-state index in [1.54, 1.807) is 0 Å². The van der Waals surface area contributed by atoms with Crippen molar-refractivity contribution in [1.82, 2.24) is 0 Å². The van der Waals surface area contributed by atoms with E-state index >= 15 is 0 Å². The van der Waals surface area contributed by atoms with Gasteiger partial charge in [0.2, 0.25) is 0 Å². The summed E-state index contributed by atoms with van der Waals surface area (Å²) >= 11 is 1.93. The molecule has 0 aliphatic carbocycles. The normalized spacial score (nSPS) is 11.9. The molecule has 11 rings (SSSR count). The number of benzene rings is 10. The molecule has 0 N–H and O–H groups in total. The fraction of sp³-hybridized carbons (Fsp3) is 0. The van der Waals surface area contributed by atoms with Crippen LogP contribution in [0.25, 0.3) is 107 Å². The number of hydrogen-bond acceptors (Lipinski definition) is 1. The quantitative estimate of drug-likeness (QED) is 0.130. The molecule has 1 heterocycles. The lowest BCUT2D eigenvalue weighted by atomic mass is 9.85. The lowest BCUT2D eigenvalue weighted by Gasteiger charge is -2.18. The van der Waals surface area contributed by atoms with Crippen LogP contribution in [0.3, 0.4) is 0 Å². The van der Waals surface area contributed by atoms with Crippen molar-refractivity contribution in [2.45, 2.75) is 0 Å². The van der Waals surface area contributed by atoms with Crippen LogP contribution in [0.5, 0.6) is 0 Å². The first-order valence-electron chi connectivity index (χ1n) is 17.6. The molecule has 1 heteroatoms. The third kappa shape index (κ3) is 4.26. The maximum Gasteiger partial charge on any atom is 0.0440 e. The third-order valence-electron chi connectivity index (χ3n) is 10.8. The van der Waals surface area contributed by atoms with E-state index in [0.29, 0.717) is 0 Å². The van der Waals surface area contributed by atoms with E-state index in [4.69, 9.17) is 0 Å². The van der Waals surface area contributed by atoms with Gasteiger partial charge in [-0.15, -0.1) is 11.3 Å². The standard InChI is InChI=1S/C50H30S/c1-2-14-32(15-3-1)46-40-21-8-10-23-42(40)47(43-24-11-9-22-41(43)46)35-17-12-16-33(29-35)34-25-27-38-37-19-6-7-20-39(37)49-48-36-18-5-4-13-31(36)26-28-45(48)51-50(49)44(38)30-34/h1-30H. The molecule has 0 saturated carbocycles. The lowest BCUT2D eigenvalue weighted by molar-refractivity contribution is 1.63. The van der Waals surface area contributed by atoms with E-state index in [0.717, 1.165) is 0 Å². The van der Waals surface area contributed by atoms with E-state index in [1.165, 1.54) is 107 Å². The van der Waals surface area contributed by atoms with Crippen molar-refractivity contribution in [2.24, 2.45) is 0 Å². The van der Waals surface area contributed by atoms with Crippen LogP contribution in [0.4, 0.5) is 0 Å². The molecule has 0 aliphatic rings. The molecule has 51 heavy (non-hydrogen) atoms. The van der Waals surface area contributed by atoms with Gasteiger partial charge in [-0.1, -0.05) is 164 Å². The number of thiophene rings is 1. The zero-order chi connectivity index (χ0) is 33.5. The molecule has 0 unspecified atom stereocenters. The zero-order valence-electron chi connectivity index (χ0n) is 27.7. The summed E-state index contributed by atoms with van der Waals surface area (Å²) in [6.07, 6.45) is 0. The van der Waals surface area contributed by atoms with E-state index in [1.807, 2.05) is 11.3 Å². The Morgan fingerprint density at radius 2 is 0.804 bits per heavy atom. The minimum atomic E-state index is 1.22. The van der Waals surface area contributed by atoms with Gasteiger partial charge >= 0.3 is 0 Å². The van der Waals surface area contributed by atoms with E-state index in [9.17, 15) is 0 Å². The second kappa shape index (κ2) is 11.1. The molecule has 0 nitrogen and oxygen atoms in total. The number of fused-ring (bicyclic) bond motifs is 12. The van der Waals surface area contributed by atoms with Crippen molar-refractivity contribution in [3.63, 3.8) is 0 Å². The molecular formula is C50H30S. The van der Waals surface area contributed by atoms with E-state index in [2.05, 4.69) is 182 Å². The molecule has 236 valence electrons. The average molecular weight is 663 g/mol. The molecular weight excluding hydrogens is 633 g/mol. The Labute approximate surface area is 299 Å². The third-order valence-corrected chi connectivity index (χ3v) is 12.0. The average Bonchev–Trinajstić information content (AvgIpc) is 3.61. The predicted molar refractivity (Wildman–Crippen MR) is 223 cm³/mol. The topological polar surface area (TPSA) is 0 Å². The summed E-state index contributed by atoms with van der Waals surface area (Å²) in [6, 6.07) is 67.3. The maximum absolute atomic E-state index is 2.44. The largest absolute Gasteiger partial charge is 0.134 e. The summed E-state index contributed by atoms with van der Waals surface area (Å²) < 4.78 is 2.70. The monoisotopic (exact) mass is 662 g/mol. The fourth-order valence-corrected chi connectivity index (χ4v) is 9.87. The maximum atomic E-state index is 2.44. The first kappa shape index (κ1) is 28.5. The summed E-state index contributed by atoms with van der Waals surface area (Å²) in [5, 5.41) is 15.7. The highest BCUT2D eigenvalue weighted by atomic mass is 32.1. The molecule has 0 aliphatic heterocycles. The van der Waals surface area contributed by atoms with Gasteiger partial charge in [-0.3, -0.25) is 0 Å². The molecule has 10 aromatic carbocycles. The van der Waals surface area contributed by atoms with Gasteiger partial charge in [0.15, 0.2) is 0 Å². The molecule has 1 aromatic heterocycles. The van der Waals surface area contributed by atoms with E-state index < -0.39 is 0 Å². The number of rotatable bonds is 3. The van der Waals surface area contributed by atoms with Crippen LogP contribution in [0.15, 0.2) is 182 Å². The van der Waals surface area contributed by atoms with Gasteiger partial charge in [0.1, 0.15) is 0 Å². The minimum Gasteiger partial charge on any atom is -0.134 e. The SMILES string of the molecule is c1ccc(-c2c3ccccc3c(-c3cccc(-c4ccc5c6ccccc6c6c(sc7ccc8ccccc8c76)c5c4)c3)c3ccccc23)cc1. The number of hydrogen-bond donors (Lipinski definition) is 0. The molecule has 0 fully saturated rings. The highest BCUT2D eigenvalue weighted by molar-refractivity contribution is 7.27. The van der Waals surface area contributed by atoms with Crippen LogP contribution in [-0.4, -0.2) is 0 Å². The van der Waals surface area contributed by atoms with Crippen molar-refractivity contribution in [3.05, 3.63) is 182 Å². The van der Waals surface area contributed by atoms with Crippen molar-refractivity contribution >= 4 is 85.4 Å². The van der Waals surface area contributed by atoms with E-state index in [-0.39, 0.29) is 0 Å². The van der Waals surface area contributed by atoms with Gasteiger partial charge in [0.05, 0.1) is 0 Å². The first-order valence-corrected chi connectivity index (χ1v) is 18.4. The van der Waals surface area contributed by atoms with Crippen LogP contribution in [0, 0.1) is 0 Å². The Hall–Kier alpha value is -6.28. The summed E-state index contributed by atoms with van der Waals surface area (Å²) in [6.45, 7) is 0. The Morgan fingerprint density at radius 3 is 1.53 bits per heavy atom. The van der Waals surface area contributed by atoms with Crippen molar-refractivity contribution < 1.29 is 0 Å². The van der Waals surface area contributed by atoms with Crippen molar-refractivity contribution in [1.29, 1.82) is 0 Å². The van der Waals surface area contributed by atoms with Crippen LogP contribution in [-0.2, 0) is 0 Å². The van der Waals surface area contributed by atoms with Gasteiger partial charge in [-0.25, -0.2) is 0 Å². The minimum absolute atomic E-state index is 1.22. The Morgan fingerprint density at radius 1 is 0.275 bits per heavy atom. The van der Waals surface area contributed by atoms with Crippen LogP contribution in [0.2, 0.25) is 0 Å². The van der Waals surface area contributed by atoms with Gasteiger partial charge in [-0.2, -0.15) is 0 Å². The Bertz CT molecular complexity index is 3130. The molecule has 0 saturated heterocycles. The van der Waals surface area contributed by atoms with Crippen LogP contribution >= 0.6 is 11.3 Å². The summed E-state index contributed by atoms with van der Waals surface area (Å²) in [5.41, 5.74) is 7.52. The molecule has 11 aromatic rings. The van der Waals surface area contributed by atoms with Gasteiger partial charge < -0.3 is 0 Å². The van der Waals surface area contributed by atoms with Crippen molar-refractivity contribution in [2.75, 3.05) is 0 Å². The van der Waals surface area contributed by atoms with Crippen LogP contribution in [0.1, 0.15) is 0 Å². The Kier molecular flexibility index (Phi) is 6.22. The molecule has 0 spiro atoms. The molecule has 0 amide bonds. The Balaban J connectivity index is 1.17. The summed E-state index contributed by atoms with van der Waals surface area (Å²) in [4.78, 5) is 0. The van der Waals surface area contributed by atoms with Gasteiger partial charge in [-0.05, 0) is 100 Å². The highest BCUT2D eigenvalue weighted by Gasteiger charge is 2.19. The second-order valence-electron chi connectivity index (χ2n) is 13.6. The smallest absolute Gasteiger partial charge is 0.0440 e. The second-order valence-corrected chi connectivity index (χ2v) is 14.6. The first-order chi connectivity index (χ1) is 25.3. The summed E-state index contributed by atoms with van der Waals surface area (Å²) in [5.74, 6) is 0. The highest BCUT2D eigenvalue weighted by Crippen LogP contribution is 2.48. The molecule has 0 atom stereocenters. The van der Waals surface area contributed by atoms with Crippen molar-refractivity contribution in [3.8, 4) is 33.4 Å². The molecule has 0 radical (unpaired) electrons. The molecule has 0 bridgehead atoms. The zero-order valence-corrected chi connectivity index (χ0v) is 28.5.